The van der Waals surface area contributed by atoms with Gasteiger partial charge in [0.25, 0.3) is 0 Å². The molecule has 0 spiro atoms. The lowest BCUT2D eigenvalue weighted by atomic mass is 9.95. The number of esters is 4. The van der Waals surface area contributed by atoms with E-state index in [-0.39, 0.29) is 0 Å². The minimum Gasteiger partial charge on any atom is -0.457 e. The molecule has 304 valence electrons. The van der Waals surface area contributed by atoms with Crippen LogP contribution in [0.3, 0.4) is 0 Å². The first kappa shape index (κ1) is 43.1. The van der Waals surface area contributed by atoms with Gasteiger partial charge in [-0.05, 0) is 27.7 Å². The second-order valence-electron chi connectivity index (χ2n) is 13.4. The summed E-state index contributed by atoms with van der Waals surface area (Å²) in [6.45, 7) is 9.98. The van der Waals surface area contributed by atoms with Gasteiger partial charge in [-0.2, -0.15) is 0 Å². The number of carbonyl (C=O) groups is 4. The van der Waals surface area contributed by atoms with Gasteiger partial charge in [0, 0.05) is 27.7 Å². The Hall–Kier alpha value is -2.64. The summed E-state index contributed by atoms with van der Waals surface area (Å²) in [7, 11) is 0. The van der Waals surface area contributed by atoms with Crippen LogP contribution in [0.4, 0.5) is 0 Å². The van der Waals surface area contributed by atoms with E-state index in [9.17, 15) is 49.8 Å². The maximum atomic E-state index is 12.4. The molecule has 4 aliphatic heterocycles. The lowest BCUT2D eigenvalue weighted by Crippen LogP contribution is -2.67. The highest BCUT2D eigenvalue weighted by Gasteiger charge is 2.57. The van der Waals surface area contributed by atoms with E-state index in [1.54, 1.807) is 0 Å². The Morgan fingerprint density at radius 1 is 0.377 bits per heavy atom. The van der Waals surface area contributed by atoms with E-state index in [1.807, 2.05) is 0 Å². The molecule has 53 heavy (non-hydrogen) atoms. The number of hydrogen-bond acceptors (Lipinski definition) is 21. The van der Waals surface area contributed by atoms with E-state index in [0.717, 1.165) is 27.7 Å². The molecule has 4 heterocycles. The van der Waals surface area contributed by atoms with Crippen molar-refractivity contribution in [2.45, 2.75) is 178 Å². The van der Waals surface area contributed by atoms with Crippen molar-refractivity contribution in [3.8, 4) is 0 Å². The molecule has 20 atom stereocenters. The van der Waals surface area contributed by atoms with Gasteiger partial charge in [-0.25, -0.2) is 0 Å². The molecule has 21 nitrogen and oxygen atoms in total. The van der Waals surface area contributed by atoms with Crippen LogP contribution in [0.5, 0.6) is 0 Å². The first-order valence-electron chi connectivity index (χ1n) is 17.1. The van der Waals surface area contributed by atoms with Crippen molar-refractivity contribution in [3.63, 3.8) is 0 Å². The quantitative estimate of drug-likeness (QED) is 0.0934. The van der Waals surface area contributed by atoms with E-state index in [1.165, 1.54) is 27.7 Å². The predicted molar refractivity (Wildman–Crippen MR) is 166 cm³/mol. The second-order valence-corrected chi connectivity index (χ2v) is 13.4. The Morgan fingerprint density at radius 2 is 0.736 bits per heavy atom. The van der Waals surface area contributed by atoms with Crippen LogP contribution in [0, 0.1) is 0 Å². The fraction of sp³-hybridized carbons (Fsp3) is 0.875. The summed E-state index contributed by atoms with van der Waals surface area (Å²) >= 11 is 0. The third kappa shape index (κ3) is 9.97. The molecule has 0 amide bonds. The van der Waals surface area contributed by atoms with Crippen molar-refractivity contribution in [2.24, 2.45) is 0 Å². The molecule has 0 aromatic carbocycles. The normalized spacial score (nSPS) is 46.2. The molecular weight excluding hydrogens is 720 g/mol. The van der Waals surface area contributed by atoms with Crippen molar-refractivity contribution in [1.82, 2.24) is 0 Å². The Balaban J connectivity index is 1.68. The summed E-state index contributed by atoms with van der Waals surface area (Å²) in [5, 5.41) is 64.9. The van der Waals surface area contributed by atoms with Crippen molar-refractivity contribution in [1.29, 1.82) is 0 Å². The number of aliphatic hydroxyl groups is 6. The van der Waals surface area contributed by atoms with Crippen LogP contribution >= 0.6 is 0 Å². The second kappa shape index (κ2) is 17.9. The van der Waals surface area contributed by atoms with Gasteiger partial charge in [0.2, 0.25) is 0 Å². The minimum atomic E-state index is -1.93. The Bertz CT molecular complexity index is 1270. The third-order valence-electron chi connectivity index (χ3n) is 9.14. The standard InChI is InChI=1S/C32H50O21/c1-9-17(37)24(19(39)29(42)43-9)51-32-28(50-16(8)36)27(23(12(4)46-32)48-14(6)34)53-31-21(41)26(22(11(3)45-31)47-13(5)33)52-30-20(40)25(49-15(7)35)18(38)10(2)44-30/h9-12,17-32,37-42H,1-8H3/t9-,10-,11-,12-,17-,18-,19+,20+,21+,22-,23-,24+,25+,26-,27+,28+,29+,30-,31-,32-/m0/s1. The summed E-state index contributed by atoms with van der Waals surface area (Å²) in [4.78, 5) is 48.6. The van der Waals surface area contributed by atoms with Crippen LogP contribution in [0.1, 0.15) is 55.4 Å². The average Bonchev–Trinajstić information content (AvgIpc) is 3.05. The van der Waals surface area contributed by atoms with Crippen molar-refractivity contribution in [2.75, 3.05) is 0 Å². The van der Waals surface area contributed by atoms with Crippen molar-refractivity contribution >= 4 is 23.9 Å². The first-order chi connectivity index (χ1) is 24.7. The Kier molecular flexibility index (Phi) is 14.5. The van der Waals surface area contributed by atoms with Gasteiger partial charge >= 0.3 is 23.9 Å². The number of hydrogen-bond donors (Lipinski definition) is 6. The van der Waals surface area contributed by atoms with Gasteiger partial charge < -0.3 is 82.7 Å². The van der Waals surface area contributed by atoms with Crippen LogP contribution in [-0.2, 0) is 71.3 Å². The number of carbonyl (C=O) groups excluding carboxylic acids is 4. The molecule has 4 saturated heterocycles. The van der Waals surface area contributed by atoms with E-state index in [4.69, 9.17) is 52.1 Å². The van der Waals surface area contributed by atoms with Crippen LogP contribution in [0.15, 0.2) is 0 Å². The van der Waals surface area contributed by atoms with Gasteiger partial charge in [0.1, 0.15) is 48.8 Å². The lowest BCUT2D eigenvalue weighted by Gasteiger charge is -2.50. The van der Waals surface area contributed by atoms with E-state index < -0.39 is 147 Å². The number of rotatable bonds is 10. The molecule has 0 saturated carbocycles. The van der Waals surface area contributed by atoms with Gasteiger partial charge in [-0.3, -0.25) is 19.2 Å². The van der Waals surface area contributed by atoms with Crippen LogP contribution in [0.25, 0.3) is 0 Å². The first-order valence-corrected chi connectivity index (χ1v) is 17.1. The summed E-state index contributed by atoms with van der Waals surface area (Å²) in [6, 6.07) is 0. The molecule has 4 rings (SSSR count). The monoisotopic (exact) mass is 770 g/mol. The van der Waals surface area contributed by atoms with E-state index >= 15 is 0 Å². The topological polar surface area (TPSA) is 291 Å². The highest BCUT2D eigenvalue weighted by molar-refractivity contribution is 5.67. The maximum Gasteiger partial charge on any atom is 0.303 e. The Morgan fingerprint density at radius 3 is 1.26 bits per heavy atom. The SMILES string of the molecule is CC(=O)O[C@@H]1[C@@H](O)[C@H](C)O[C@@H](O[C@H]2[C@@H](O)[C@H](O[C@@H]3[C@@H](OC(C)=O)[C@H](C)O[C@@H](O[C@@H]4[C@@H](O)[C@H](C)O[C@@H](O)[C@@H]4O)[C@@H]3OC(C)=O)O[C@@H](C)[C@@H]2OC(C)=O)[C@@H]1O. The number of aliphatic hydroxyl groups excluding tert-OH is 6. The highest BCUT2D eigenvalue weighted by Crippen LogP contribution is 2.37. The number of ether oxygens (including phenoxy) is 11. The van der Waals surface area contributed by atoms with Crippen LogP contribution in [-0.4, -0.2) is 177 Å². The van der Waals surface area contributed by atoms with E-state index in [2.05, 4.69) is 0 Å². The minimum absolute atomic E-state index is 0.808. The zero-order valence-electron chi connectivity index (χ0n) is 30.4. The predicted octanol–water partition coefficient (Wildman–Crippen LogP) is -3.36. The molecule has 4 aliphatic rings. The van der Waals surface area contributed by atoms with Crippen molar-refractivity contribution < 1.29 is 102 Å². The van der Waals surface area contributed by atoms with Gasteiger partial charge in [-0.15, -0.1) is 0 Å². The highest BCUT2D eigenvalue weighted by atomic mass is 16.8. The molecule has 0 aromatic heterocycles. The molecule has 0 aliphatic carbocycles. The van der Waals surface area contributed by atoms with Gasteiger partial charge in [0.15, 0.2) is 49.6 Å². The van der Waals surface area contributed by atoms with Crippen molar-refractivity contribution in [3.05, 3.63) is 0 Å². The summed E-state index contributed by atoms with van der Waals surface area (Å²) in [5.41, 5.74) is 0. The van der Waals surface area contributed by atoms with Crippen LogP contribution in [0.2, 0.25) is 0 Å². The van der Waals surface area contributed by atoms with Gasteiger partial charge in [-0.1, -0.05) is 0 Å². The molecule has 6 N–H and O–H groups in total. The molecule has 21 heteroatoms. The molecule has 0 radical (unpaired) electrons. The fourth-order valence-corrected chi connectivity index (χ4v) is 6.60. The fourth-order valence-electron chi connectivity index (χ4n) is 6.60. The summed E-state index contributed by atoms with van der Waals surface area (Å²) < 4.78 is 62.2. The Labute approximate surface area is 304 Å². The zero-order valence-corrected chi connectivity index (χ0v) is 30.4. The largest absolute Gasteiger partial charge is 0.457 e. The lowest BCUT2D eigenvalue weighted by molar-refractivity contribution is -0.384. The zero-order chi connectivity index (χ0) is 39.6. The molecule has 0 unspecified atom stereocenters. The maximum absolute atomic E-state index is 12.4. The summed E-state index contributed by atoms with van der Waals surface area (Å²) in [6.07, 6.45) is -30.5. The summed E-state index contributed by atoms with van der Waals surface area (Å²) in [5.74, 6) is -3.35. The average molecular weight is 771 g/mol. The third-order valence-corrected chi connectivity index (χ3v) is 9.14. The van der Waals surface area contributed by atoms with Gasteiger partial charge in [0.05, 0.1) is 24.4 Å². The molecule has 0 aromatic rings. The molecular formula is C32H50O21. The molecule has 4 fully saturated rings. The van der Waals surface area contributed by atoms with Crippen LogP contribution < -0.4 is 0 Å². The molecule has 0 bridgehead atoms. The van der Waals surface area contributed by atoms with E-state index in [0.29, 0.717) is 0 Å². The smallest absolute Gasteiger partial charge is 0.303 e.